The zero-order valence-electron chi connectivity index (χ0n) is 14.1. The maximum Gasteiger partial charge on any atom is 0.412 e. The van der Waals surface area contributed by atoms with Crippen molar-refractivity contribution in [3.8, 4) is 5.75 Å². The first-order chi connectivity index (χ1) is 10.7. The number of carbonyl (C=O) groups is 2. The van der Waals surface area contributed by atoms with Gasteiger partial charge in [0.05, 0.1) is 18.5 Å². The Labute approximate surface area is 135 Å². The lowest BCUT2D eigenvalue weighted by atomic mass is 10.2. The van der Waals surface area contributed by atoms with E-state index in [1.165, 1.54) is 19.2 Å². The third-order valence-electron chi connectivity index (χ3n) is 2.35. The van der Waals surface area contributed by atoms with Crippen LogP contribution in [0.3, 0.4) is 0 Å². The molecule has 128 valence electrons. The summed E-state index contributed by atoms with van der Waals surface area (Å²) in [6.07, 6.45) is 0.780. The molecule has 0 radical (unpaired) electrons. The molecule has 0 saturated carbocycles. The number of anilines is 2. The van der Waals surface area contributed by atoms with Crippen molar-refractivity contribution in [3.63, 3.8) is 0 Å². The van der Waals surface area contributed by atoms with Gasteiger partial charge in [-0.3, -0.25) is 10.1 Å². The van der Waals surface area contributed by atoms with Crippen molar-refractivity contribution in [2.45, 2.75) is 33.3 Å². The molecule has 0 saturated heterocycles. The van der Waals surface area contributed by atoms with E-state index in [4.69, 9.17) is 14.2 Å². The number of pyridine rings is 1. The average molecular weight is 325 g/mol. The second-order valence-electron chi connectivity index (χ2n) is 5.72. The Morgan fingerprint density at radius 2 is 1.91 bits per heavy atom. The average Bonchev–Trinajstić information content (AvgIpc) is 2.38. The maximum atomic E-state index is 11.9. The van der Waals surface area contributed by atoms with E-state index in [-0.39, 0.29) is 5.91 Å². The molecule has 0 unspecified atom stereocenters. The highest BCUT2D eigenvalue weighted by Gasteiger charge is 2.18. The molecule has 8 heteroatoms. The minimum absolute atomic E-state index is 0.270. The lowest BCUT2D eigenvalue weighted by Gasteiger charge is -2.20. The molecule has 0 bridgehead atoms. The van der Waals surface area contributed by atoms with Gasteiger partial charge in [0.1, 0.15) is 18.0 Å². The van der Waals surface area contributed by atoms with Crippen LogP contribution in [0.1, 0.15) is 27.7 Å². The van der Waals surface area contributed by atoms with Gasteiger partial charge in [-0.05, 0) is 20.8 Å². The zero-order valence-corrected chi connectivity index (χ0v) is 14.1. The van der Waals surface area contributed by atoms with Crippen LogP contribution in [0.15, 0.2) is 12.3 Å². The van der Waals surface area contributed by atoms with Crippen LogP contribution >= 0.6 is 0 Å². The number of hydrogen-bond donors (Lipinski definition) is 2. The summed E-state index contributed by atoms with van der Waals surface area (Å²) in [6, 6.07) is 1.49. The van der Waals surface area contributed by atoms with Crippen LogP contribution in [0, 0.1) is 0 Å². The largest absolute Gasteiger partial charge is 0.487 e. The van der Waals surface area contributed by atoms with Gasteiger partial charge in [0.15, 0.2) is 5.75 Å². The molecule has 1 aromatic heterocycles. The van der Waals surface area contributed by atoms with Gasteiger partial charge in [-0.1, -0.05) is 0 Å². The fourth-order valence-corrected chi connectivity index (χ4v) is 1.55. The number of nitrogens with one attached hydrogen (secondary N) is 2. The van der Waals surface area contributed by atoms with E-state index >= 15 is 0 Å². The number of methoxy groups -OCH3 is 1. The summed E-state index contributed by atoms with van der Waals surface area (Å²) in [4.78, 5) is 27.1. The smallest absolute Gasteiger partial charge is 0.412 e. The third-order valence-corrected chi connectivity index (χ3v) is 2.35. The standard InChI is InChI=1S/C15H23N3O5/c1-10(19)17-13-8-11(18-14(20)23-15(2,3)4)12(9-16-13)22-7-6-21-5/h8-9H,6-7H2,1-5H3,(H2,16,17,18,19,20). The molecular formula is C15H23N3O5. The van der Waals surface area contributed by atoms with Crippen molar-refractivity contribution in [3.05, 3.63) is 12.3 Å². The van der Waals surface area contributed by atoms with Crippen LogP contribution in [0.2, 0.25) is 0 Å². The Balaban J connectivity index is 2.92. The van der Waals surface area contributed by atoms with E-state index in [0.29, 0.717) is 30.5 Å². The number of rotatable bonds is 6. The van der Waals surface area contributed by atoms with Gasteiger partial charge in [0.25, 0.3) is 0 Å². The number of nitrogens with zero attached hydrogens (tertiary/aromatic N) is 1. The minimum atomic E-state index is -0.630. The van der Waals surface area contributed by atoms with E-state index in [2.05, 4.69) is 15.6 Å². The Morgan fingerprint density at radius 3 is 2.48 bits per heavy atom. The van der Waals surface area contributed by atoms with Gasteiger partial charge < -0.3 is 19.5 Å². The van der Waals surface area contributed by atoms with Crippen molar-refractivity contribution < 1.29 is 23.8 Å². The van der Waals surface area contributed by atoms with E-state index < -0.39 is 11.7 Å². The van der Waals surface area contributed by atoms with Gasteiger partial charge in [0, 0.05) is 20.1 Å². The summed E-state index contributed by atoms with van der Waals surface area (Å²) in [5.41, 5.74) is -0.289. The van der Waals surface area contributed by atoms with Crippen molar-refractivity contribution in [2.24, 2.45) is 0 Å². The highest BCUT2D eigenvalue weighted by molar-refractivity contribution is 5.91. The molecule has 23 heavy (non-hydrogen) atoms. The number of carbonyl (C=O) groups excluding carboxylic acids is 2. The van der Waals surface area contributed by atoms with Crippen LogP contribution in [0.5, 0.6) is 5.75 Å². The van der Waals surface area contributed by atoms with Gasteiger partial charge in [-0.2, -0.15) is 0 Å². The second-order valence-corrected chi connectivity index (χ2v) is 5.72. The van der Waals surface area contributed by atoms with Crippen molar-refractivity contribution in [2.75, 3.05) is 31.0 Å². The summed E-state index contributed by atoms with van der Waals surface area (Å²) in [7, 11) is 1.56. The van der Waals surface area contributed by atoms with E-state index in [1.807, 2.05) is 0 Å². The van der Waals surface area contributed by atoms with Crippen LogP contribution < -0.4 is 15.4 Å². The van der Waals surface area contributed by atoms with E-state index in [1.54, 1.807) is 27.9 Å². The Bertz CT molecular complexity index is 555. The summed E-state index contributed by atoms with van der Waals surface area (Å²) in [5, 5.41) is 5.13. The fourth-order valence-electron chi connectivity index (χ4n) is 1.55. The molecule has 0 aliphatic heterocycles. The van der Waals surface area contributed by atoms with Crippen molar-refractivity contribution in [1.82, 2.24) is 4.98 Å². The normalized spacial score (nSPS) is 10.8. The van der Waals surface area contributed by atoms with E-state index in [9.17, 15) is 9.59 Å². The van der Waals surface area contributed by atoms with Gasteiger partial charge >= 0.3 is 6.09 Å². The Morgan fingerprint density at radius 1 is 1.22 bits per heavy atom. The number of amides is 2. The number of ether oxygens (including phenoxy) is 3. The Kier molecular flexibility index (Phi) is 6.77. The van der Waals surface area contributed by atoms with Gasteiger partial charge in [-0.25, -0.2) is 9.78 Å². The number of hydrogen-bond acceptors (Lipinski definition) is 6. The maximum absolute atomic E-state index is 11.9. The predicted octanol–water partition coefficient (Wildman–Crippen LogP) is 2.41. The molecule has 8 nitrogen and oxygen atoms in total. The second kappa shape index (κ2) is 8.33. The van der Waals surface area contributed by atoms with Crippen LogP contribution in [-0.4, -0.2) is 42.9 Å². The molecule has 0 atom stereocenters. The summed E-state index contributed by atoms with van der Waals surface area (Å²) >= 11 is 0. The summed E-state index contributed by atoms with van der Waals surface area (Å²) in [5.74, 6) is 0.374. The molecule has 2 N–H and O–H groups in total. The SMILES string of the molecule is COCCOc1cnc(NC(C)=O)cc1NC(=O)OC(C)(C)C. The minimum Gasteiger partial charge on any atom is -0.487 e. The lowest BCUT2D eigenvalue weighted by molar-refractivity contribution is -0.114. The quantitative estimate of drug-likeness (QED) is 0.779. The highest BCUT2D eigenvalue weighted by Crippen LogP contribution is 2.27. The molecule has 1 aromatic rings. The molecule has 2 amide bonds. The topological polar surface area (TPSA) is 98.8 Å². The van der Waals surface area contributed by atoms with Crippen LogP contribution in [0.25, 0.3) is 0 Å². The fraction of sp³-hybridized carbons (Fsp3) is 0.533. The van der Waals surface area contributed by atoms with Gasteiger partial charge in [0.2, 0.25) is 5.91 Å². The summed E-state index contributed by atoms with van der Waals surface area (Å²) in [6.45, 7) is 7.33. The highest BCUT2D eigenvalue weighted by atomic mass is 16.6. The molecule has 0 aromatic carbocycles. The number of aromatic nitrogens is 1. The first-order valence-corrected chi connectivity index (χ1v) is 7.10. The molecule has 0 spiro atoms. The molecule has 1 rings (SSSR count). The zero-order chi connectivity index (χ0) is 17.5. The molecular weight excluding hydrogens is 302 g/mol. The third kappa shape index (κ3) is 7.46. The Hall–Kier alpha value is -2.35. The van der Waals surface area contributed by atoms with Crippen molar-refractivity contribution in [1.29, 1.82) is 0 Å². The van der Waals surface area contributed by atoms with E-state index in [0.717, 1.165) is 0 Å². The first-order valence-electron chi connectivity index (χ1n) is 7.10. The monoisotopic (exact) mass is 325 g/mol. The molecule has 0 aliphatic rings. The van der Waals surface area contributed by atoms with Crippen molar-refractivity contribution >= 4 is 23.5 Å². The predicted molar refractivity (Wildman–Crippen MR) is 85.8 cm³/mol. The molecule has 0 aliphatic carbocycles. The molecule has 1 heterocycles. The van der Waals surface area contributed by atoms with Crippen LogP contribution in [-0.2, 0) is 14.3 Å². The van der Waals surface area contributed by atoms with Crippen LogP contribution in [0.4, 0.5) is 16.3 Å². The van der Waals surface area contributed by atoms with Gasteiger partial charge in [-0.15, -0.1) is 0 Å². The lowest BCUT2D eigenvalue weighted by Crippen LogP contribution is -2.27. The summed E-state index contributed by atoms with van der Waals surface area (Å²) < 4.78 is 15.6. The molecule has 0 fully saturated rings. The first kappa shape index (κ1) is 18.7.